The van der Waals surface area contributed by atoms with Gasteiger partial charge in [0.1, 0.15) is 5.82 Å². The summed E-state index contributed by atoms with van der Waals surface area (Å²) >= 11 is 5.40. The number of rotatable bonds is 2. The number of carbonyl (C=O) groups excluding carboxylic acids is 1. The molecule has 0 spiro atoms. The van der Waals surface area contributed by atoms with Crippen molar-refractivity contribution in [1.82, 2.24) is 0 Å². The molecule has 0 heterocycles. The van der Waals surface area contributed by atoms with Gasteiger partial charge < -0.3 is 0 Å². The van der Waals surface area contributed by atoms with Crippen LogP contribution in [0, 0.1) is 16.3 Å². The van der Waals surface area contributed by atoms with E-state index in [-0.39, 0.29) is 11.3 Å². The quantitative estimate of drug-likeness (QED) is 0.508. The van der Waals surface area contributed by atoms with Crippen LogP contribution in [0.5, 0.6) is 0 Å². The Morgan fingerprint density at radius 3 is 2.61 bits per heavy atom. The van der Waals surface area contributed by atoms with E-state index in [1.165, 1.54) is 6.07 Å². The maximum absolute atomic E-state index is 13.7. The van der Waals surface area contributed by atoms with Crippen LogP contribution >= 0.6 is 38.5 Å². The second kappa shape index (κ2) is 5.48. The van der Waals surface area contributed by atoms with Gasteiger partial charge in [-0.15, -0.1) is 0 Å². The van der Waals surface area contributed by atoms with Gasteiger partial charge in [-0.3, -0.25) is 4.79 Å². The molecule has 2 aromatic carbocycles. The standard InChI is InChI=1S/C14H9BrFIO/c1-8-2-4-12(16)10(6-8)14(18)11-7-9(15)3-5-13(11)17/h2-7H,1H3. The van der Waals surface area contributed by atoms with Crippen molar-refractivity contribution in [3.63, 3.8) is 0 Å². The van der Waals surface area contributed by atoms with Crippen molar-refractivity contribution in [2.45, 2.75) is 6.92 Å². The lowest BCUT2D eigenvalue weighted by Gasteiger charge is -2.06. The van der Waals surface area contributed by atoms with Crippen LogP contribution in [0.25, 0.3) is 0 Å². The zero-order chi connectivity index (χ0) is 13.3. The van der Waals surface area contributed by atoms with E-state index in [0.29, 0.717) is 5.56 Å². The summed E-state index contributed by atoms with van der Waals surface area (Å²) in [7, 11) is 0. The molecule has 0 aliphatic carbocycles. The first-order chi connectivity index (χ1) is 8.49. The number of ketones is 1. The largest absolute Gasteiger partial charge is 0.288 e. The SMILES string of the molecule is Cc1ccc(F)c(C(=O)c2cc(Br)ccc2I)c1. The fourth-order valence-electron chi connectivity index (χ4n) is 1.63. The van der Waals surface area contributed by atoms with Gasteiger partial charge in [0.2, 0.25) is 0 Å². The molecular weight excluding hydrogens is 410 g/mol. The molecule has 0 atom stereocenters. The van der Waals surface area contributed by atoms with Gasteiger partial charge in [0.15, 0.2) is 5.78 Å². The normalized spacial score (nSPS) is 10.4. The van der Waals surface area contributed by atoms with Crippen LogP contribution in [0.4, 0.5) is 4.39 Å². The first kappa shape index (κ1) is 13.7. The topological polar surface area (TPSA) is 17.1 Å². The summed E-state index contributed by atoms with van der Waals surface area (Å²) < 4.78 is 15.3. The van der Waals surface area contributed by atoms with E-state index in [1.54, 1.807) is 18.2 Å². The van der Waals surface area contributed by atoms with Crippen molar-refractivity contribution in [3.8, 4) is 0 Å². The molecule has 4 heteroatoms. The highest BCUT2D eigenvalue weighted by molar-refractivity contribution is 14.1. The highest BCUT2D eigenvalue weighted by Crippen LogP contribution is 2.23. The minimum atomic E-state index is -0.485. The third-order valence-corrected chi connectivity index (χ3v) is 3.97. The van der Waals surface area contributed by atoms with Crippen LogP contribution in [-0.2, 0) is 0 Å². The smallest absolute Gasteiger partial charge is 0.197 e. The third-order valence-electron chi connectivity index (χ3n) is 2.54. The van der Waals surface area contributed by atoms with E-state index < -0.39 is 5.82 Å². The van der Waals surface area contributed by atoms with Crippen LogP contribution in [0.2, 0.25) is 0 Å². The Morgan fingerprint density at radius 2 is 1.89 bits per heavy atom. The monoisotopic (exact) mass is 418 g/mol. The number of benzene rings is 2. The zero-order valence-electron chi connectivity index (χ0n) is 9.51. The zero-order valence-corrected chi connectivity index (χ0v) is 13.2. The van der Waals surface area contributed by atoms with Gasteiger partial charge in [-0.25, -0.2) is 4.39 Å². The van der Waals surface area contributed by atoms with Crippen molar-refractivity contribution in [3.05, 3.63) is 66.9 Å². The van der Waals surface area contributed by atoms with Gasteiger partial charge >= 0.3 is 0 Å². The fourth-order valence-corrected chi connectivity index (χ4v) is 2.57. The summed E-state index contributed by atoms with van der Waals surface area (Å²) in [5.74, 6) is -0.775. The Kier molecular flexibility index (Phi) is 4.17. The van der Waals surface area contributed by atoms with Gasteiger partial charge in [-0.1, -0.05) is 27.6 Å². The van der Waals surface area contributed by atoms with Crippen molar-refractivity contribution in [2.75, 3.05) is 0 Å². The lowest BCUT2D eigenvalue weighted by molar-refractivity contribution is 0.103. The van der Waals surface area contributed by atoms with E-state index in [2.05, 4.69) is 38.5 Å². The molecule has 0 saturated carbocycles. The van der Waals surface area contributed by atoms with Crippen molar-refractivity contribution in [1.29, 1.82) is 0 Å². The summed E-state index contributed by atoms with van der Waals surface area (Å²) in [6.45, 7) is 1.84. The predicted molar refractivity (Wildman–Crippen MR) is 81.4 cm³/mol. The van der Waals surface area contributed by atoms with Gasteiger partial charge in [-0.2, -0.15) is 0 Å². The molecule has 0 saturated heterocycles. The lowest BCUT2D eigenvalue weighted by atomic mass is 10.0. The first-order valence-electron chi connectivity index (χ1n) is 5.25. The molecule has 2 aromatic rings. The predicted octanol–water partition coefficient (Wildman–Crippen LogP) is 4.73. The molecule has 0 radical (unpaired) electrons. The third kappa shape index (κ3) is 2.80. The Morgan fingerprint density at radius 1 is 1.17 bits per heavy atom. The van der Waals surface area contributed by atoms with Crippen LogP contribution in [0.15, 0.2) is 40.9 Å². The molecule has 0 aromatic heterocycles. The van der Waals surface area contributed by atoms with Gasteiger partial charge in [0.25, 0.3) is 0 Å². The molecule has 18 heavy (non-hydrogen) atoms. The number of halogens is 3. The van der Waals surface area contributed by atoms with Gasteiger partial charge in [0.05, 0.1) is 5.56 Å². The molecule has 0 bridgehead atoms. The number of hydrogen-bond donors (Lipinski definition) is 0. The van der Waals surface area contributed by atoms with Crippen molar-refractivity contribution in [2.24, 2.45) is 0 Å². The number of aryl methyl sites for hydroxylation is 1. The van der Waals surface area contributed by atoms with Crippen LogP contribution in [0.3, 0.4) is 0 Å². The molecule has 0 amide bonds. The molecule has 0 aliphatic rings. The molecule has 0 aliphatic heterocycles. The maximum atomic E-state index is 13.7. The maximum Gasteiger partial charge on any atom is 0.197 e. The van der Waals surface area contributed by atoms with E-state index in [4.69, 9.17) is 0 Å². The average Bonchev–Trinajstić information content (AvgIpc) is 2.34. The number of hydrogen-bond acceptors (Lipinski definition) is 1. The molecular formula is C14H9BrFIO. The summed E-state index contributed by atoms with van der Waals surface area (Å²) in [5.41, 5.74) is 1.49. The Hall–Kier alpha value is -0.750. The summed E-state index contributed by atoms with van der Waals surface area (Å²) in [5, 5.41) is 0. The van der Waals surface area contributed by atoms with E-state index >= 15 is 0 Å². The van der Waals surface area contributed by atoms with Crippen LogP contribution in [-0.4, -0.2) is 5.78 Å². The highest BCUT2D eigenvalue weighted by atomic mass is 127. The van der Waals surface area contributed by atoms with E-state index in [9.17, 15) is 9.18 Å². The fraction of sp³-hybridized carbons (Fsp3) is 0.0714. The summed E-state index contributed by atoms with van der Waals surface area (Å²) in [6.07, 6.45) is 0. The Bertz CT molecular complexity index is 572. The van der Waals surface area contributed by atoms with Crippen molar-refractivity contribution < 1.29 is 9.18 Å². The molecule has 92 valence electrons. The Labute approximate surface area is 127 Å². The van der Waals surface area contributed by atoms with E-state index in [1.807, 2.05) is 19.1 Å². The molecule has 2 rings (SSSR count). The second-order valence-electron chi connectivity index (χ2n) is 3.94. The summed E-state index contributed by atoms with van der Waals surface area (Å²) in [4.78, 5) is 12.3. The van der Waals surface area contributed by atoms with Crippen LogP contribution in [0.1, 0.15) is 21.5 Å². The minimum Gasteiger partial charge on any atom is -0.288 e. The average molecular weight is 419 g/mol. The molecule has 0 unspecified atom stereocenters. The Balaban J connectivity index is 2.54. The summed E-state index contributed by atoms with van der Waals surface area (Å²) in [6, 6.07) is 9.95. The molecule has 0 fully saturated rings. The highest BCUT2D eigenvalue weighted by Gasteiger charge is 2.16. The van der Waals surface area contributed by atoms with Crippen molar-refractivity contribution >= 4 is 44.3 Å². The molecule has 0 N–H and O–H groups in total. The minimum absolute atomic E-state index is 0.117. The second-order valence-corrected chi connectivity index (χ2v) is 6.01. The van der Waals surface area contributed by atoms with Gasteiger partial charge in [-0.05, 0) is 59.8 Å². The molecule has 1 nitrogen and oxygen atoms in total. The van der Waals surface area contributed by atoms with Gasteiger partial charge in [0, 0.05) is 13.6 Å². The van der Waals surface area contributed by atoms with Crippen LogP contribution < -0.4 is 0 Å². The number of carbonyl (C=O) groups is 1. The first-order valence-corrected chi connectivity index (χ1v) is 7.12. The van der Waals surface area contributed by atoms with E-state index in [0.717, 1.165) is 13.6 Å². The lowest BCUT2D eigenvalue weighted by Crippen LogP contribution is -2.06.